The zero-order valence-electron chi connectivity index (χ0n) is 10.6. The summed E-state index contributed by atoms with van der Waals surface area (Å²) in [6.07, 6.45) is 0. The third kappa shape index (κ3) is 2.12. The van der Waals surface area contributed by atoms with Gasteiger partial charge in [0.25, 0.3) is 6.04 Å². The number of anilines is 1. The Bertz CT molecular complexity index is 633. The van der Waals surface area contributed by atoms with Crippen LogP contribution in [-0.4, -0.2) is 17.5 Å². The van der Waals surface area contributed by atoms with E-state index in [0.717, 1.165) is 11.3 Å². The minimum absolute atomic E-state index is 0.215. The van der Waals surface area contributed by atoms with Crippen LogP contribution >= 0.6 is 11.6 Å². The molecule has 0 unspecified atom stereocenters. The first-order valence-electron chi connectivity index (χ1n) is 6.38. The number of benzene rings is 2. The predicted molar refractivity (Wildman–Crippen MR) is 78.8 cm³/mol. The molecule has 0 radical (unpaired) electrons. The molecule has 0 saturated carbocycles. The highest BCUT2D eigenvalue weighted by Gasteiger charge is 2.49. The number of hydrogen-bond donors (Lipinski definition) is 0. The third-order valence-electron chi connectivity index (χ3n) is 3.67. The molecule has 4 nitrogen and oxygen atoms in total. The molecule has 0 aromatic heterocycles. The number of para-hydroxylation sites is 1. The quantitative estimate of drug-likeness (QED) is 0.641. The Morgan fingerprint density at radius 3 is 2.40 bits per heavy atom. The Morgan fingerprint density at radius 1 is 1.10 bits per heavy atom. The second-order valence-electron chi connectivity index (χ2n) is 4.81. The van der Waals surface area contributed by atoms with Crippen molar-refractivity contribution in [3.05, 3.63) is 75.3 Å². The second kappa shape index (κ2) is 5.13. The van der Waals surface area contributed by atoms with Gasteiger partial charge in [-0.15, -0.1) is 0 Å². The fourth-order valence-corrected chi connectivity index (χ4v) is 2.89. The van der Waals surface area contributed by atoms with E-state index in [2.05, 4.69) is 0 Å². The molecule has 2 aromatic carbocycles. The summed E-state index contributed by atoms with van der Waals surface area (Å²) in [4.78, 5) is 13.0. The zero-order chi connectivity index (χ0) is 14.1. The highest BCUT2D eigenvalue weighted by Crippen LogP contribution is 2.41. The van der Waals surface area contributed by atoms with Gasteiger partial charge >= 0.3 is 0 Å². The molecule has 1 saturated heterocycles. The van der Waals surface area contributed by atoms with Crippen LogP contribution < -0.4 is 4.90 Å². The lowest BCUT2D eigenvalue weighted by atomic mass is 9.89. The van der Waals surface area contributed by atoms with Crippen LogP contribution in [0.15, 0.2) is 54.6 Å². The summed E-state index contributed by atoms with van der Waals surface area (Å²) >= 11 is 6.21. The number of nitrogens with zero attached hydrogens (tertiary/aromatic N) is 2. The van der Waals surface area contributed by atoms with Crippen LogP contribution in [0.2, 0.25) is 5.02 Å². The van der Waals surface area contributed by atoms with E-state index in [1.165, 1.54) is 0 Å². The summed E-state index contributed by atoms with van der Waals surface area (Å²) < 4.78 is 0. The number of hydrogen-bond acceptors (Lipinski definition) is 3. The monoisotopic (exact) mass is 288 g/mol. The SMILES string of the molecule is O=[N+]([O-])[C@H]1CN(c2ccccc2)[C@@H]1c1ccccc1Cl. The van der Waals surface area contributed by atoms with Crippen molar-refractivity contribution in [2.75, 3.05) is 11.4 Å². The van der Waals surface area contributed by atoms with Crippen molar-refractivity contribution in [2.24, 2.45) is 0 Å². The Hall–Kier alpha value is -2.07. The summed E-state index contributed by atoms with van der Waals surface area (Å²) in [5.41, 5.74) is 1.79. The van der Waals surface area contributed by atoms with Crippen LogP contribution in [0.5, 0.6) is 0 Å². The molecule has 1 fully saturated rings. The van der Waals surface area contributed by atoms with Gasteiger partial charge < -0.3 is 4.90 Å². The Balaban J connectivity index is 1.98. The fraction of sp³-hybridized carbons (Fsp3) is 0.200. The van der Waals surface area contributed by atoms with E-state index in [1.54, 1.807) is 6.07 Å². The van der Waals surface area contributed by atoms with Gasteiger partial charge in [0.1, 0.15) is 6.04 Å². The maximum atomic E-state index is 11.2. The van der Waals surface area contributed by atoms with Gasteiger partial charge in [0.05, 0.1) is 6.54 Å². The first-order chi connectivity index (χ1) is 9.68. The molecular weight excluding hydrogens is 276 g/mol. The lowest BCUT2D eigenvalue weighted by Crippen LogP contribution is -2.57. The molecule has 0 bridgehead atoms. The molecule has 2 aromatic rings. The van der Waals surface area contributed by atoms with E-state index in [0.29, 0.717) is 11.6 Å². The van der Waals surface area contributed by atoms with E-state index >= 15 is 0 Å². The molecule has 0 spiro atoms. The van der Waals surface area contributed by atoms with Crippen molar-refractivity contribution < 1.29 is 4.92 Å². The van der Waals surface area contributed by atoms with E-state index < -0.39 is 6.04 Å². The van der Waals surface area contributed by atoms with Crippen molar-refractivity contribution in [2.45, 2.75) is 12.1 Å². The normalized spacial score (nSPS) is 21.4. The molecule has 1 aliphatic rings. The number of halogens is 1. The van der Waals surface area contributed by atoms with Gasteiger partial charge in [-0.1, -0.05) is 48.0 Å². The minimum atomic E-state index is -0.616. The van der Waals surface area contributed by atoms with Gasteiger partial charge in [-0.25, -0.2) is 0 Å². The highest BCUT2D eigenvalue weighted by molar-refractivity contribution is 6.31. The topological polar surface area (TPSA) is 46.4 Å². The first kappa shape index (κ1) is 12.9. The maximum Gasteiger partial charge on any atom is 0.254 e. The zero-order valence-corrected chi connectivity index (χ0v) is 11.4. The molecule has 5 heteroatoms. The Morgan fingerprint density at radius 2 is 1.75 bits per heavy atom. The van der Waals surface area contributed by atoms with Crippen molar-refractivity contribution in [3.8, 4) is 0 Å². The predicted octanol–water partition coefficient (Wildman–Crippen LogP) is 3.55. The van der Waals surface area contributed by atoms with Crippen molar-refractivity contribution in [1.29, 1.82) is 0 Å². The Labute approximate surface area is 121 Å². The highest BCUT2D eigenvalue weighted by atomic mass is 35.5. The van der Waals surface area contributed by atoms with E-state index in [-0.39, 0.29) is 11.0 Å². The summed E-state index contributed by atoms with van der Waals surface area (Å²) in [7, 11) is 0. The lowest BCUT2D eigenvalue weighted by Gasteiger charge is -2.44. The van der Waals surface area contributed by atoms with Crippen molar-refractivity contribution >= 4 is 17.3 Å². The first-order valence-corrected chi connectivity index (χ1v) is 6.76. The van der Waals surface area contributed by atoms with Crippen molar-refractivity contribution in [1.82, 2.24) is 0 Å². The molecule has 2 atom stereocenters. The molecule has 102 valence electrons. The van der Waals surface area contributed by atoms with Gasteiger partial charge in [-0.3, -0.25) is 10.1 Å². The fourth-order valence-electron chi connectivity index (χ4n) is 2.64. The van der Waals surface area contributed by atoms with Gasteiger partial charge in [0.2, 0.25) is 0 Å². The smallest absolute Gasteiger partial charge is 0.254 e. The van der Waals surface area contributed by atoms with E-state index in [4.69, 9.17) is 11.6 Å². The molecule has 0 N–H and O–H groups in total. The molecule has 3 rings (SSSR count). The third-order valence-corrected chi connectivity index (χ3v) is 4.01. The van der Waals surface area contributed by atoms with Gasteiger partial charge in [-0.2, -0.15) is 0 Å². The van der Waals surface area contributed by atoms with Gasteiger partial charge in [0.15, 0.2) is 0 Å². The number of nitro groups is 1. The molecule has 0 aliphatic carbocycles. The average Bonchev–Trinajstić information content (AvgIpc) is 2.41. The maximum absolute atomic E-state index is 11.2. The summed E-state index contributed by atoms with van der Waals surface area (Å²) in [5, 5.41) is 11.8. The van der Waals surface area contributed by atoms with E-state index in [9.17, 15) is 10.1 Å². The standard InChI is InChI=1S/C15H13ClN2O2/c16-13-9-5-4-8-12(13)15-14(18(19)20)10-17(15)11-6-2-1-3-7-11/h1-9,14-15H,10H2/t14-,15+/m0/s1. The molecular formula is C15H13ClN2O2. The second-order valence-corrected chi connectivity index (χ2v) is 5.21. The summed E-state index contributed by atoms with van der Waals surface area (Å²) in [6, 6.07) is 16.1. The van der Waals surface area contributed by atoms with Gasteiger partial charge in [-0.05, 0) is 18.2 Å². The van der Waals surface area contributed by atoms with Crippen LogP contribution in [0, 0.1) is 10.1 Å². The van der Waals surface area contributed by atoms with Crippen LogP contribution in [-0.2, 0) is 0 Å². The van der Waals surface area contributed by atoms with Gasteiger partial charge in [0, 0.05) is 21.2 Å². The molecule has 0 amide bonds. The number of rotatable bonds is 3. The van der Waals surface area contributed by atoms with Crippen LogP contribution in [0.25, 0.3) is 0 Å². The van der Waals surface area contributed by atoms with Crippen LogP contribution in [0.1, 0.15) is 11.6 Å². The Kier molecular flexibility index (Phi) is 3.32. The van der Waals surface area contributed by atoms with E-state index in [1.807, 2.05) is 53.4 Å². The van der Waals surface area contributed by atoms with Crippen LogP contribution in [0.3, 0.4) is 0 Å². The summed E-state index contributed by atoms with van der Waals surface area (Å²) in [5.74, 6) is 0. The van der Waals surface area contributed by atoms with Crippen LogP contribution in [0.4, 0.5) is 5.69 Å². The lowest BCUT2D eigenvalue weighted by molar-refractivity contribution is -0.534. The minimum Gasteiger partial charge on any atom is -0.351 e. The van der Waals surface area contributed by atoms with Crippen molar-refractivity contribution in [3.63, 3.8) is 0 Å². The summed E-state index contributed by atoms with van der Waals surface area (Å²) in [6.45, 7) is 0.410. The average molecular weight is 289 g/mol. The molecule has 20 heavy (non-hydrogen) atoms. The molecule has 1 aliphatic heterocycles. The largest absolute Gasteiger partial charge is 0.351 e. The molecule has 1 heterocycles.